The maximum absolute atomic E-state index is 13.5. The van der Waals surface area contributed by atoms with Crippen LogP contribution in [0, 0.1) is 5.92 Å². The Bertz CT molecular complexity index is 958. The van der Waals surface area contributed by atoms with Crippen LogP contribution in [-0.4, -0.2) is 71.1 Å². The zero-order valence-corrected chi connectivity index (χ0v) is 18.8. The number of amides is 2. The number of rotatable bonds is 6. The Balaban J connectivity index is 1.66. The highest BCUT2D eigenvalue weighted by atomic mass is 16.6. The monoisotopic (exact) mass is 438 g/mol. The molecule has 3 aliphatic heterocycles. The van der Waals surface area contributed by atoms with Gasteiger partial charge in [0.15, 0.2) is 5.78 Å². The summed E-state index contributed by atoms with van der Waals surface area (Å²) in [5.74, 6) is -0.652. The third-order valence-corrected chi connectivity index (χ3v) is 6.70. The van der Waals surface area contributed by atoms with E-state index in [4.69, 9.17) is 9.47 Å². The van der Waals surface area contributed by atoms with E-state index in [-0.39, 0.29) is 30.8 Å². The van der Waals surface area contributed by atoms with Gasteiger partial charge in [0, 0.05) is 25.1 Å². The zero-order chi connectivity index (χ0) is 23.0. The highest BCUT2D eigenvalue weighted by Gasteiger charge is 2.65. The van der Waals surface area contributed by atoms with Gasteiger partial charge >= 0.3 is 6.09 Å². The lowest BCUT2D eigenvalue weighted by Crippen LogP contribution is -2.58. The van der Waals surface area contributed by atoms with Gasteiger partial charge in [-0.2, -0.15) is 0 Å². The number of likely N-dealkylation sites (N-methyl/N-ethyl adjacent to an activating group) is 1. The van der Waals surface area contributed by atoms with E-state index in [0.29, 0.717) is 18.7 Å². The molecule has 3 aliphatic rings. The number of hydrogen-bond donors (Lipinski definition) is 0. The second kappa shape index (κ2) is 8.54. The van der Waals surface area contributed by atoms with Crippen molar-refractivity contribution in [2.75, 3.05) is 19.7 Å². The normalized spacial score (nSPS) is 31.1. The van der Waals surface area contributed by atoms with Crippen LogP contribution in [0.2, 0.25) is 0 Å². The Hall–Kier alpha value is -2.93. The van der Waals surface area contributed by atoms with Crippen molar-refractivity contribution in [1.82, 2.24) is 9.80 Å². The summed E-state index contributed by atoms with van der Waals surface area (Å²) < 4.78 is 11.8. The predicted octanol–water partition coefficient (Wildman–Crippen LogP) is 3.22. The molecule has 0 bridgehead atoms. The smallest absolute Gasteiger partial charge is 0.410 e. The third-order valence-electron chi connectivity index (χ3n) is 6.70. The van der Waals surface area contributed by atoms with Crippen LogP contribution in [0.15, 0.2) is 54.6 Å². The van der Waals surface area contributed by atoms with Gasteiger partial charge in [-0.15, -0.1) is 0 Å². The number of ether oxygens (including phenoxy) is 2. The van der Waals surface area contributed by atoms with Gasteiger partial charge in [-0.05, 0) is 20.8 Å². The first-order valence-corrected chi connectivity index (χ1v) is 11.1. The number of nitrogens with zero attached hydrogens (tertiary/aromatic N) is 2. The van der Waals surface area contributed by atoms with Crippen molar-refractivity contribution in [3.8, 4) is 0 Å². The minimum atomic E-state index is -0.825. The Morgan fingerprint density at radius 3 is 2.69 bits per heavy atom. The molecular formula is C25H30N2O5. The molecule has 2 fully saturated rings. The summed E-state index contributed by atoms with van der Waals surface area (Å²) in [6, 6.07) is 8.22. The van der Waals surface area contributed by atoms with Crippen molar-refractivity contribution in [3.05, 3.63) is 60.2 Å². The van der Waals surface area contributed by atoms with Crippen LogP contribution in [0.3, 0.4) is 0 Å². The lowest BCUT2D eigenvalue weighted by Gasteiger charge is -2.42. The predicted molar refractivity (Wildman–Crippen MR) is 119 cm³/mol. The zero-order valence-electron chi connectivity index (χ0n) is 18.8. The van der Waals surface area contributed by atoms with E-state index in [1.54, 1.807) is 21.9 Å². The fourth-order valence-electron chi connectivity index (χ4n) is 5.56. The number of fused-ring (bicyclic) bond motifs is 3. The van der Waals surface area contributed by atoms with Gasteiger partial charge in [0.2, 0.25) is 5.91 Å². The van der Waals surface area contributed by atoms with Crippen molar-refractivity contribution in [1.29, 1.82) is 0 Å². The van der Waals surface area contributed by atoms with Crippen LogP contribution in [-0.2, 0) is 14.3 Å². The fraction of sp³-hybridized carbons (Fsp3) is 0.480. The minimum absolute atomic E-state index is 0.0277. The average Bonchev–Trinajstić information content (AvgIpc) is 3.21. The largest absolute Gasteiger partial charge is 0.445 e. The average molecular weight is 439 g/mol. The van der Waals surface area contributed by atoms with E-state index >= 15 is 0 Å². The van der Waals surface area contributed by atoms with Crippen molar-refractivity contribution in [2.24, 2.45) is 5.92 Å². The number of benzene rings is 1. The van der Waals surface area contributed by atoms with E-state index in [1.165, 1.54) is 6.08 Å². The second-order valence-corrected chi connectivity index (χ2v) is 8.91. The number of likely N-dealkylation sites (tertiary alicyclic amines) is 1. The number of hydrogen-bond acceptors (Lipinski definition) is 5. The van der Waals surface area contributed by atoms with E-state index in [2.05, 4.69) is 6.58 Å². The maximum Gasteiger partial charge on any atom is 0.410 e. The van der Waals surface area contributed by atoms with Crippen LogP contribution >= 0.6 is 0 Å². The van der Waals surface area contributed by atoms with E-state index in [9.17, 15) is 14.4 Å². The first-order valence-electron chi connectivity index (χ1n) is 11.1. The van der Waals surface area contributed by atoms with Crippen LogP contribution in [0.4, 0.5) is 4.79 Å². The van der Waals surface area contributed by atoms with Crippen LogP contribution < -0.4 is 0 Å². The molecule has 2 amide bonds. The van der Waals surface area contributed by atoms with Crippen molar-refractivity contribution >= 4 is 17.8 Å². The second-order valence-electron chi connectivity index (χ2n) is 8.91. The molecule has 0 aliphatic carbocycles. The first-order chi connectivity index (χ1) is 15.3. The molecule has 0 aromatic heterocycles. The third kappa shape index (κ3) is 3.64. The van der Waals surface area contributed by atoms with E-state index in [1.807, 2.05) is 45.0 Å². The molecule has 0 unspecified atom stereocenters. The SMILES string of the molecule is C=CCOC(=O)N1CC(C)=C[C@]2(C)O[C@H]3[C@H](C(=O)N(CC)[C@@H]3CC(=O)c3ccccc3)[C@H]12. The van der Waals surface area contributed by atoms with Gasteiger partial charge in [0.05, 0.1) is 24.1 Å². The van der Waals surface area contributed by atoms with Crippen molar-refractivity contribution in [2.45, 2.75) is 51.0 Å². The van der Waals surface area contributed by atoms with Gasteiger partial charge in [0.25, 0.3) is 0 Å². The summed E-state index contributed by atoms with van der Waals surface area (Å²) in [4.78, 5) is 42.7. The highest BCUT2D eigenvalue weighted by Crippen LogP contribution is 2.49. The molecule has 0 spiro atoms. The van der Waals surface area contributed by atoms with Crippen molar-refractivity contribution < 1.29 is 23.9 Å². The van der Waals surface area contributed by atoms with Crippen molar-refractivity contribution in [3.63, 3.8) is 0 Å². The molecule has 7 heteroatoms. The lowest BCUT2D eigenvalue weighted by molar-refractivity contribution is -0.134. The molecule has 170 valence electrons. The molecule has 0 N–H and O–H groups in total. The molecule has 2 saturated heterocycles. The standard InChI is InChI=1S/C25H30N2O5/c1-5-12-31-24(30)27-15-16(3)14-25(4)22(27)20-21(32-25)18(26(6-2)23(20)29)13-19(28)17-10-8-7-9-11-17/h5,7-11,14,18,20-22H,1,6,12-13,15H2,2-4H3/t18-,20+,21-,22+,25+/m1/s1. The number of carbonyl (C=O) groups excluding carboxylic acids is 3. The van der Waals surface area contributed by atoms with E-state index < -0.39 is 29.8 Å². The van der Waals surface area contributed by atoms with Gasteiger partial charge in [-0.25, -0.2) is 4.79 Å². The van der Waals surface area contributed by atoms with Gasteiger partial charge in [-0.1, -0.05) is 54.6 Å². The number of Topliss-reactive ketones (excluding diaryl/α,β-unsaturated/α-hetero) is 1. The Labute approximate surface area is 188 Å². The molecule has 1 aromatic carbocycles. The first kappa shape index (κ1) is 22.3. The summed E-state index contributed by atoms with van der Waals surface area (Å²) in [7, 11) is 0. The minimum Gasteiger partial charge on any atom is -0.445 e. The molecular weight excluding hydrogens is 408 g/mol. The van der Waals surface area contributed by atoms with Gasteiger partial charge in [0.1, 0.15) is 12.2 Å². The Morgan fingerprint density at radius 2 is 2.03 bits per heavy atom. The molecule has 5 atom stereocenters. The summed E-state index contributed by atoms with van der Waals surface area (Å²) in [5, 5.41) is 0. The number of carbonyl (C=O) groups is 3. The fourth-order valence-corrected chi connectivity index (χ4v) is 5.56. The molecule has 7 nitrogen and oxygen atoms in total. The highest BCUT2D eigenvalue weighted by molar-refractivity contribution is 5.97. The van der Waals surface area contributed by atoms with Gasteiger partial charge < -0.3 is 14.4 Å². The molecule has 3 heterocycles. The summed E-state index contributed by atoms with van der Waals surface area (Å²) >= 11 is 0. The molecule has 4 rings (SSSR count). The lowest BCUT2D eigenvalue weighted by atomic mass is 9.81. The summed E-state index contributed by atoms with van der Waals surface area (Å²) in [6.45, 7) is 10.3. The Kier molecular flexibility index (Phi) is 5.95. The Morgan fingerprint density at radius 1 is 1.31 bits per heavy atom. The molecule has 1 aromatic rings. The molecule has 0 saturated carbocycles. The topological polar surface area (TPSA) is 76.2 Å². The van der Waals surface area contributed by atoms with Gasteiger partial charge in [-0.3, -0.25) is 14.5 Å². The van der Waals surface area contributed by atoms with E-state index in [0.717, 1.165) is 5.57 Å². The number of ketones is 1. The summed E-state index contributed by atoms with van der Waals surface area (Å²) in [6.07, 6.45) is 2.73. The maximum atomic E-state index is 13.5. The van der Waals surface area contributed by atoms with Crippen LogP contribution in [0.1, 0.15) is 37.6 Å². The molecule has 0 radical (unpaired) electrons. The summed E-state index contributed by atoms with van der Waals surface area (Å²) in [5.41, 5.74) is 0.761. The van der Waals surface area contributed by atoms with Crippen LogP contribution in [0.5, 0.6) is 0 Å². The molecule has 32 heavy (non-hydrogen) atoms. The quantitative estimate of drug-likeness (QED) is 0.504. The van der Waals surface area contributed by atoms with Crippen LogP contribution in [0.25, 0.3) is 0 Å².